The van der Waals surface area contributed by atoms with Crippen LogP contribution >= 0.6 is 0 Å². The van der Waals surface area contributed by atoms with Crippen molar-refractivity contribution in [2.24, 2.45) is 0 Å². The van der Waals surface area contributed by atoms with E-state index < -0.39 is 10.9 Å². The summed E-state index contributed by atoms with van der Waals surface area (Å²) in [7, 11) is 13.2. The van der Waals surface area contributed by atoms with Crippen molar-refractivity contribution < 1.29 is 42.6 Å². The summed E-state index contributed by atoms with van der Waals surface area (Å²) in [6.45, 7) is 0. The van der Waals surface area contributed by atoms with Gasteiger partial charge in [-0.05, 0) is 0 Å². The van der Waals surface area contributed by atoms with Gasteiger partial charge in [0.05, 0.1) is 64.0 Å². The number of hydrogen-bond donors (Lipinski definition) is 0. The lowest BCUT2D eigenvalue weighted by atomic mass is 10.3. The SMILES string of the molecule is COc1cc(OC)c([S+](c2c(OC)cc(OC)cc2OC)c2c(OC)cc(OC)cc2OC)c(OC)c1. The zero-order valence-corrected chi connectivity index (χ0v) is 23.4. The van der Waals surface area contributed by atoms with E-state index in [1.165, 1.54) is 0 Å². The number of benzene rings is 3. The third-order valence-electron chi connectivity index (χ3n) is 5.62. The lowest BCUT2D eigenvalue weighted by Crippen LogP contribution is -2.14. The quantitative estimate of drug-likeness (QED) is 0.303. The monoisotopic (exact) mass is 533 g/mol. The first-order chi connectivity index (χ1) is 17.9. The average molecular weight is 534 g/mol. The normalized spacial score (nSPS) is 10.5. The minimum Gasteiger partial charge on any atom is -0.496 e. The summed E-state index contributed by atoms with van der Waals surface area (Å²) < 4.78 is 51.7. The van der Waals surface area contributed by atoms with Crippen LogP contribution in [0.25, 0.3) is 0 Å². The first-order valence-corrected chi connectivity index (χ1v) is 12.3. The van der Waals surface area contributed by atoms with E-state index in [-0.39, 0.29) is 0 Å². The lowest BCUT2D eigenvalue weighted by molar-refractivity contribution is 0.354. The standard InChI is InChI=1S/C27H33O9S/c1-28-16-10-19(31-4)25(20(11-16)32-5)37(26-21(33-6)12-17(29-2)13-22(26)34-7)27-23(35-8)14-18(30-3)15-24(27)36-9/h10-15H,1-9H3/q+1. The van der Waals surface area contributed by atoms with Gasteiger partial charge >= 0.3 is 0 Å². The topological polar surface area (TPSA) is 83.1 Å². The second-order valence-corrected chi connectivity index (χ2v) is 9.23. The molecule has 3 rings (SSSR count). The van der Waals surface area contributed by atoms with Gasteiger partial charge in [-0.2, -0.15) is 0 Å². The van der Waals surface area contributed by atoms with Crippen LogP contribution < -0.4 is 42.6 Å². The highest BCUT2D eigenvalue weighted by atomic mass is 32.2. The Morgan fingerprint density at radius 2 is 0.514 bits per heavy atom. The van der Waals surface area contributed by atoms with Crippen molar-refractivity contribution in [3.8, 4) is 51.7 Å². The van der Waals surface area contributed by atoms with Crippen LogP contribution in [0.5, 0.6) is 51.7 Å². The molecule has 0 bridgehead atoms. The summed E-state index contributed by atoms with van der Waals surface area (Å²) in [6, 6.07) is 10.8. The molecule has 0 heterocycles. The number of hydrogen-bond acceptors (Lipinski definition) is 9. The third-order valence-corrected chi connectivity index (χ3v) is 8.05. The van der Waals surface area contributed by atoms with Crippen molar-refractivity contribution >= 4 is 10.9 Å². The predicted molar refractivity (Wildman–Crippen MR) is 140 cm³/mol. The fourth-order valence-electron chi connectivity index (χ4n) is 3.83. The van der Waals surface area contributed by atoms with Gasteiger partial charge in [0.2, 0.25) is 0 Å². The Morgan fingerprint density at radius 1 is 0.324 bits per heavy atom. The van der Waals surface area contributed by atoms with Gasteiger partial charge in [-0.1, -0.05) is 0 Å². The van der Waals surface area contributed by atoms with Gasteiger partial charge in [0, 0.05) is 36.4 Å². The molecule has 0 aromatic heterocycles. The van der Waals surface area contributed by atoms with Crippen molar-refractivity contribution in [2.45, 2.75) is 14.7 Å². The summed E-state index contributed by atoms with van der Waals surface area (Å²) in [4.78, 5) is 2.11. The maximum Gasteiger partial charge on any atom is 0.250 e. The fourth-order valence-corrected chi connectivity index (χ4v) is 6.50. The van der Waals surface area contributed by atoms with Crippen LogP contribution in [0.15, 0.2) is 51.1 Å². The average Bonchev–Trinajstić information content (AvgIpc) is 2.96. The van der Waals surface area contributed by atoms with E-state index in [2.05, 4.69) is 0 Å². The molecule has 3 aromatic carbocycles. The van der Waals surface area contributed by atoms with Gasteiger partial charge in [0.15, 0.2) is 34.5 Å². The van der Waals surface area contributed by atoms with E-state index in [1.54, 1.807) is 100 Å². The summed E-state index contributed by atoms with van der Waals surface area (Å²) in [5.74, 6) is 4.88. The zero-order chi connectivity index (χ0) is 27.1. The molecule has 0 spiro atoms. The van der Waals surface area contributed by atoms with Crippen molar-refractivity contribution in [1.29, 1.82) is 0 Å². The largest absolute Gasteiger partial charge is 0.496 e. The molecule has 0 aliphatic carbocycles. The molecule has 9 nitrogen and oxygen atoms in total. The van der Waals surface area contributed by atoms with Gasteiger partial charge < -0.3 is 42.6 Å². The predicted octanol–water partition coefficient (Wildman–Crippen LogP) is 4.86. The molecule has 0 aliphatic rings. The fraction of sp³-hybridized carbons (Fsp3) is 0.333. The Balaban J connectivity index is 2.59. The van der Waals surface area contributed by atoms with E-state index in [4.69, 9.17) is 42.6 Å². The summed E-state index contributed by atoms with van der Waals surface area (Å²) in [5.41, 5.74) is 0. The van der Waals surface area contributed by atoms with Crippen LogP contribution in [0.3, 0.4) is 0 Å². The Labute approximate surface area is 220 Å². The van der Waals surface area contributed by atoms with Crippen LogP contribution in [0.1, 0.15) is 0 Å². The summed E-state index contributed by atoms with van der Waals surface area (Å²) >= 11 is 0. The Bertz CT molecular complexity index is 1000. The van der Waals surface area contributed by atoms with Crippen molar-refractivity contribution in [1.82, 2.24) is 0 Å². The Hall–Kier alpha value is -3.79. The minimum atomic E-state index is -1.03. The number of methoxy groups -OCH3 is 9. The van der Waals surface area contributed by atoms with Gasteiger partial charge in [-0.15, -0.1) is 0 Å². The maximum atomic E-state index is 5.87. The minimum absolute atomic E-state index is 0.527. The van der Waals surface area contributed by atoms with Crippen LogP contribution in [0, 0.1) is 0 Å². The lowest BCUT2D eigenvalue weighted by Gasteiger charge is -2.21. The van der Waals surface area contributed by atoms with E-state index in [0.717, 1.165) is 0 Å². The highest BCUT2D eigenvalue weighted by Gasteiger charge is 2.46. The van der Waals surface area contributed by atoms with Gasteiger partial charge in [-0.25, -0.2) is 0 Å². The molecule has 200 valence electrons. The highest BCUT2D eigenvalue weighted by molar-refractivity contribution is 7.97. The molecule has 0 saturated carbocycles. The van der Waals surface area contributed by atoms with Gasteiger partial charge in [-0.3, -0.25) is 0 Å². The summed E-state index contributed by atoms with van der Waals surface area (Å²) in [6.07, 6.45) is 0. The Morgan fingerprint density at radius 3 is 0.649 bits per heavy atom. The van der Waals surface area contributed by atoms with Crippen molar-refractivity contribution in [2.75, 3.05) is 64.0 Å². The van der Waals surface area contributed by atoms with E-state index in [0.29, 0.717) is 66.4 Å². The van der Waals surface area contributed by atoms with E-state index in [9.17, 15) is 0 Å². The molecule has 0 unspecified atom stereocenters. The molecular weight excluding hydrogens is 500 g/mol. The molecule has 37 heavy (non-hydrogen) atoms. The van der Waals surface area contributed by atoms with E-state index in [1.807, 2.05) is 0 Å². The molecular formula is C27H33O9S+. The zero-order valence-electron chi connectivity index (χ0n) is 22.5. The molecule has 0 amide bonds. The van der Waals surface area contributed by atoms with Crippen molar-refractivity contribution in [3.63, 3.8) is 0 Å². The van der Waals surface area contributed by atoms with Crippen LogP contribution in [0.2, 0.25) is 0 Å². The highest BCUT2D eigenvalue weighted by Crippen LogP contribution is 2.55. The first-order valence-electron chi connectivity index (χ1n) is 11.1. The second kappa shape index (κ2) is 12.4. The van der Waals surface area contributed by atoms with Gasteiger partial charge in [0.25, 0.3) is 14.7 Å². The second-order valence-electron chi connectivity index (χ2n) is 7.39. The first kappa shape index (κ1) is 27.8. The molecule has 0 saturated heterocycles. The van der Waals surface area contributed by atoms with Gasteiger partial charge in [0.1, 0.15) is 28.1 Å². The molecule has 0 N–H and O–H groups in total. The van der Waals surface area contributed by atoms with Crippen LogP contribution in [0.4, 0.5) is 0 Å². The Kier molecular flexibility index (Phi) is 9.35. The van der Waals surface area contributed by atoms with E-state index >= 15 is 0 Å². The molecule has 10 heteroatoms. The number of ether oxygens (including phenoxy) is 9. The molecule has 0 aliphatic heterocycles. The molecule has 0 atom stereocenters. The van der Waals surface area contributed by atoms with Crippen LogP contribution in [-0.2, 0) is 10.9 Å². The third kappa shape index (κ3) is 5.34. The molecule has 0 radical (unpaired) electrons. The summed E-state index contributed by atoms with van der Waals surface area (Å²) in [5, 5.41) is 0. The smallest absolute Gasteiger partial charge is 0.250 e. The number of rotatable bonds is 12. The van der Waals surface area contributed by atoms with Crippen LogP contribution in [-0.4, -0.2) is 64.0 Å². The molecule has 3 aromatic rings. The maximum absolute atomic E-state index is 5.87. The van der Waals surface area contributed by atoms with Crippen molar-refractivity contribution in [3.05, 3.63) is 36.4 Å². The molecule has 0 fully saturated rings.